The number of unbranched alkanes of at least 4 members (excludes halogenated alkanes) is 1. The Morgan fingerprint density at radius 2 is 1.84 bits per heavy atom. The summed E-state index contributed by atoms with van der Waals surface area (Å²) < 4.78 is 0. The zero-order valence-corrected chi connectivity index (χ0v) is 12.7. The highest BCUT2D eigenvalue weighted by atomic mass is 15.1. The van der Waals surface area contributed by atoms with Crippen LogP contribution in [0.25, 0.3) is 0 Å². The van der Waals surface area contributed by atoms with E-state index in [4.69, 9.17) is 0 Å². The Morgan fingerprint density at radius 1 is 1.11 bits per heavy atom. The van der Waals surface area contributed by atoms with E-state index in [1.54, 1.807) is 0 Å². The summed E-state index contributed by atoms with van der Waals surface area (Å²) in [6.45, 7) is 7.12. The Balaban J connectivity index is 2.44. The van der Waals surface area contributed by atoms with Crippen molar-refractivity contribution in [3.63, 3.8) is 0 Å². The molecular weight excluding hydrogens is 238 g/mol. The Morgan fingerprint density at radius 3 is 2.53 bits per heavy atom. The van der Waals surface area contributed by atoms with E-state index in [1.165, 1.54) is 6.42 Å². The molecule has 0 aromatic carbocycles. The van der Waals surface area contributed by atoms with E-state index in [2.05, 4.69) is 46.5 Å². The van der Waals surface area contributed by atoms with Gasteiger partial charge in [-0.2, -0.15) is 4.98 Å². The second-order valence-corrected chi connectivity index (χ2v) is 5.08. The van der Waals surface area contributed by atoms with Crippen LogP contribution in [-0.4, -0.2) is 48.6 Å². The fourth-order valence-corrected chi connectivity index (χ4v) is 1.73. The number of hydrogen-bond donors (Lipinski definition) is 2. The molecule has 0 amide bonds. The standard InChI is InChI=1S/C14H27N5/c1-5-6-8-15-13-11-12(2)17-14(18-13)16-9-7-10-19(3)4/h11H,5-10H2,1-4H3,(H2,15,16,17,18). The Bertz CT molecular complexity index is 365. The molecule has 1 heterocycles. The molecule has 0 bridgehead atoms. The first-order valence-corrected chi connectivity index (χ1v) is 7.10. The van der Waals surface area contributed by atoms with Crippen LogP contribution in [0.15, 0.2) is 6.07 Å². The Labute approximate surface area is 116 Å². The van der Waals surface area contributed by atoms with E-state index in [0.29, 0.717) is 0 Å². The van der Waals surface area contributed by atoms with E-state index in [0.717, 1.165) is 49.9 Å². The zero-order chi connectivity index (χ0) is 14.1. The van der Waals surface area contributed by atoms with Crippen LogP contribution in [0.1, 0.15) is 31.9 Å². The second-order valence-electron chi connectivity index (χ2n) is 5.08. The Kier molecular flexibility index (Phi) is 7.18. The van der Waals surface area contributed by atoms with Gasteiger partial charge in [0.15, 0.2) is 0 Å². The summed E-state index contributed by atoms with van der Waals surface area (Å²) in [5.74, 6) is 1.63. The molecule has 1 aromatic rings. The lowest BCUT2D eigenvalue weighted by atomic mass is 10.3. The van der Waals surface area contributed by atoms with E-state index >= 15 is 0 Å². The van der Waals surface area contributed by atoms with Crippen molar-refractivity contribution in [1.29, 1.82) is 0 Å². The third-order valence-corrected chi connectivity index (χ3v) is 2.76. The third-order valence-electron chi connectivity index (χ3n) is 2.76. The second kappa shape index (κ2) is 8.69. The van der Waals surface area contributed by atoms with Crippen molar-refractivity contribution in [3.05, 3.63) is 11.8 Å². The first-order chi connectivity index (χ1) is 9.11. The van der Waals surface area contributed by atoms with Crippen molar-refractivity contribution in [2.75, 3.05) is 44.4 Å². The number of aryl methyl sites for hydroxylation is 1. The molecule has 0 aliphatic rings. The van der Waals surface area contributed by atoms with Gasteiger partial charge < -0.3 is 15.5 Å². The molecule has 0 aliphatic carbocycles. The molecule has 0 radical (unpaired) electrons. The molecule has 2 N–H and O–H groups in total. The van der Waals surface area contributed by atoms with Crippen LogP contribution < -0.4 is 10.6 Å². The average molecular weight is 265 g/mol. The monoisotopic (exact) mass is 265 g/mol. The SMILES string of the molecule is CCCCNc1cc(C)nc(NCCCN(C)C)n1. The molecule has 0 spiro atoms. The molecular formula is C14H27N5. The maximum Gasteiger partial charge on any atom is 0.224 e. The van der Waals surface area contributed by atoms with E-state index < -0.39 is 0 Å². The van der Waals surface area contributed by atoms with Crippen LogP contribution >= 0.6 is 0 Å². The lowest BCUT2D eigenvalue weighted by Gasteiger charge is -2.11. The minimum atomic E-state index is 0.720. The summed E-state index contributed by atoms with van der Waals surface area (Å²) >= 11 is 0. The molecule has 19 heavy (non-hydrogen) atoms. The molecule has 0 aliphatic heterocycles. The molecule has 5 nitrogen and oxygen atoms in total. The van der Waals surface area contributed by atoms with Gasteiger partial charge in [0.25, 0.3) is 0 Å². The van der Waals surface area contributed by atoms with Gasteiger partial charge >= 0.3 is 0 Å². The fourth-order valence-electron chi connectivity index (χ4n) is 1.73. The summed E-state index contributed by atoms with van der Waals surface area (Å²) in [5.41, 5.74) is 0.990. The van der Waals surface area contributed by atoms with Crippen LogP contribution in [0.3, 0.4) is 0 Å². The van der Waals surface area contributed by atoms with Crippen LogP contribution in [-0.2, 0) is 0 Å². The first-order valence-electron chi connectivity index (χ1n) is 7.10. The number of nitrogens with one attached hydrogen (secondary N) is 2. The van der Waals surface area contributed by atoms with E-state index in [-0.39, 0.29) is 0 Å². The summed E-state index contributed by atoms with van der Waals surface area (Å²) in [6, 6.07) is 1.99. The van der Waals surface area contributed by atoms with Gasteiger partial charge in [0.05, 0.1) is 0 Å². The van der Waals surface area contributed by atoms with Gasteiger partial charge in [-0.3, -0.25) is 0 Å². The normalized spacial score (nSPS) is 10.8. The van der Waals surface area contributed by atoms with Crippen LogP contribution in [0.5, 0.6) is 0 Å². The predicted molar refractivity (Wildman–Crippen MR) is 81.8 cm³/mol. The highest BCUT2D eigenvalue weighted by Gasteiger charge is 2.01. The van der Waals surface area contributed by atoms with E-state index in [9.17, 15) is 0 Å². The van der Waals surface area contributed by atoms with Crippen molar-refractivity contribution in [2.45, 2.75) is 33.1 Å². The van der Waals surface area contributed by atoms with Crippen molar-refractivity contribution >= 4 is 11.8 Å². The minimum Gasteiger partial charge on any atom is -0.370 e. The van der Waals surface area contributed by atoms with Gasteiger partial charge in [-0.1, -0.05) is 13.3 Å². The summed E-state index contributed by atoms with van der Waals surface area (Å²) in [7, 11) is 4.16. The third kappa shape index (κ3) is 6.96. The fraction of sp³-hybridized carbons (Fsp3) is 0.714. The summed E-state index contributed by atoms with van der Waals surface area (Å²) in [6.07, 6.45) is 3.43. The van der Waals surface area contributed by atoms with Gasteiger partial charge in [-0.15, -0.1) is 0 Å². The molecule has 0 atom stereocenters. The number of hydrogen-bond acceptors (Lipinski definition) is 5. The van der Waals surface area contributed by atoms with Crippen molar-refractivity contribution in [3.8, 4) is 0 Å². The van der Waals surface area contributed by atoms with Crippen molar-refractivity contribution < 1.29 is 0 Å². The highest BCUT2D eigenvalue weighted by Crippen LogP contribution is 2.09. The van der Waals surface area contributed by atoms with Crippen LogP contribution in [0.4, 0.5) is 11.8 Å². The summed E-state index contributed by atoms with van der Waals surface area (Å²) in [4.78, 5) is 11.1. The molecule has 0 saturated carbocycles. The quantitative estimate of drug-likeness (QED) is 0.671. The largest absolute Gasteiger partial charge is 0.370 e. The lowest BCUT2D eigenvalue weighted by molar-refractivity contribution is 0.405. The molecule has 1 rings (SSSR count). The van der Waals surface area contributed by atoms with Crippen molar-refractivity contribution in [2.24, 2.45) is 0 Å². The number of nitrogens with zero attached hydrogens (tertiary/aromatic N) is 3. The molecule has 0 saturated heterocycles. The minimum absolute atomic E-state index is 0.720. The maximum atomic E-state index is 4.48. The lowest BCUT2D eigenvalue weighted by Crippen LogP contribution is -2.17. The smallest absolute Gasteiger partial charge is 0.224 e. The van der Waals surface area contributed by atoms with Gasteiger partial charge in [0.2, 0.25) is 5.95 Å². The van der Waals surface area contributed by atoms with Crippen molar-refractivity contribution in [1.82, 2.24) is 14.9 Å². The van der Waals surface area contributed by atoms with Crippen LogP contribution in [0, 0.1) is 6.92 Å². The van der Waals surface area contributed by atoms with E-state index in [1.807, 2.05) is 13.0 Å². The van der Waals surface area contributed by atoms with Crippen LogP contribution in [0.2, 0.25) is 0 Å². The molecule has 0 unspecified atom stereocenters. The highest BCUT2D eigenvalue weighted by molar-refractivity contribution is 5.42. The number of anilines is 2. The predicted octanol–water partition coefficient (Wildman–Crippen LogP) is 2.36. The molecule has 1 aromatic heterocycles. The number of aromatic nitrogens is 2. The first kappa shape index (κ1) is 15.7. The molecule has 0 fully saturated rings. The Hall–Kier alpha value is -1.36. The zero-order valence-electron chi connectivity index (χ0n) is 12.7. The summed E-state index contributed by atoms with van der Waals surface area (Å²) in [5, 5.41) is 6.62. The van der Waals surface area contributed by atoms with Gasteiger partial charge in [0.1, 0.15) is 5.82 Å². The van der Waals surface area contributed by atoms with Gasteiger partial charge in [0, 0.05) is 24.8 Å². The van der Waals surface area contributed by atoms with Gasteiger partial charge in [-0.25, -0.2) is 4.98 Å². The average Bonchev–Trinajstić information content (AvgIpc) is 2.34. The van der Waals surface area contributed by atoms with Gasteiger partial charge in [-0.05, 0) is 40.4 Å². The number of rotatable bonds is 9. The topological polar surface area (TPSA) is 53.1 Å². The molecule has 108 valence electrons. The molecule has 5 heteroatoms. The maximum absolute atomic E-state index is 4.48.